The minimum absolute atomic E-state index is 0.0963. The van der Waals surface area contributed by atoms with E-state index in [-0.39, 0.29) is 5.56 Å². The quantitative estimate of drug-likeness (QED) is 0.721. The first kappa shape index (κ1) is 11.5. The van der Waals surface area contributed by atoms with E-state index in [0.717, 1.165) is 0 Å². The summed E-state index contributed by atoms with van der Waals surface area (Å²) in [5.74, 6) is -0.792. The van der Waals surface area contributed by atoms with Crippen molar-refractivity contribution < 1.29 is 18.7 Å². The van der Waals surface area contributed by atoms with E-state index >= 15 is 0 Å². The van der Waals surface area contributed by atoms with Crippen LogP contribution in [0.1, 0.15) is 22.8 Å². The average Bonchev–Trinajstić information content (AvgIpc) is 2.22. The van der Waals surface area contributed by atoms with Crippen LogP contribution < -0.4 is 4.74 Å². The van der Waals surface area contributed by atoms with Gasteiger partial charge in [-0.2, -0.15) is 0 Å². The number of hydrogen-bond donors (Lipinski definition) is 0. The Morgan fingerprint density at radius 2 is 2.13 bits per heavy atom. The van der Waals surface area contributed by atoms with E-state index in [1.54, 1.807) is 13.0 Å². The van der Waals surface area contributed by atoms with Crippen molar-refractivity contribution in [3.63, 3.8) is 0 Å². The van der Waals surface area contributed by atoms with Crippen LogP contribution in [0.5, 0.6) is 5.75 Å². The number of rotatable bonds is 3. The normalized spacial score (nSPS) is 9.87. The summed E-state index contributed by atoms with van der Waals surface area (Å²) in [5.41, 5.74) is 0.266. The Kier molecular flexibility index (Phi) is 3.66. The molecule has 0 unspecified atom stereocenters. The molecule has 0 N–H and O–H groups in total. The summed E-state index contributed by atoms with van der Waals surface area (Å²) in [6.45, 7) is 3.85. The molecule has 0 bridgehead atoms. The third-order valence-corrected chi connectivity index (χ3v) is 1.94. The lowest BCUT2D eigenvalue weighted by Crippen LogP contribution is -2.06. The van der Waals surface area contributed by atoms with Gasteiger partial charge in [-0.1, -0.05) is 0 Å². The van der Waals surface area contributed by atoms with Crippen LogP contribution in [0, 0.1) is 12.7 Å². The molecule has 0 aromatic heterocycles. The number of halogens is 1. The molecule has 3 nitrogen and oxygen atoms in total. The molecule has 0 aliphatic rings. The second-order valence-electron chi connectivity index (χ2n) is 3.03. The molecule has 4 heteroatoms. The van der Waals surface area contributed by atoms with E-state index in [9.17, 15) is 9.18 Å². The molecule has 0 amide bonds. The lowest BCUT2D eigenvalue weighted by Gasteiger charge is -2.08. The summed E-state index contributed by atoms with van der Waals surface area (Å²) in [6, 6.07) is 2.89. The highest BCUT2D eigenvalue weighted by molar-refractivity contribution is 5.90. The first-order valence-electron chi connectivity index (χ1n) is 4.61. The molecule has 0 atom stereocenters. The molecule has 0 aliphatic carbocycles. The molecule has 0 heterocycles. The van der Waals surface area contributed by atoms with Crippen molar-refractivity contribution >= 4 is 5.97 Å². The summed E-state index contributed by atoms with van der Waals surface area (Å²) >= 11 is 0. The smallest absolute Gasteiger partial charge is 0.340 e. The van der Waals surface area contributed by atoms with Crippen molar-refractivity contribution in [2.24, 2.45) is 0 Å². The Hall–Kier alpha value is -1.58. The van der Waals surface area contributed by atoms with Gasteiger partial charge in [0.15, 0.2) is 0 Å². The molecular formula is C11H13FO3. The lowest BCUT2D eigenvalue weighted by molar-refractivity contribution is 0.0594. The fraction of sp³-hybridized carbons (Fsp3) is 0.364. The maximum Gasteiger partial charge on any atom is 0.340 e. The highest BCUT2D eigenvalue weighted by atomic mass is 19.1. The van der Waals surface area contributed by atoms with E-state index in [2.05, 4.69) is 4.74 Å². The zero-order chi connectivity index (χ0) is 11.4. The minimum Gasteiger partial charge on any atom is -0.494 e. The third kappa shape index (κ3) is 2.46. The monoisotopic (exact) mass is 212 g/mol. The summed E-state index contributed by atoms with van der Waals surface area (Å²) in [6.07, 6.45) is 0. The molecule has 15 heavy (non-hydrogen) atoms. The van der Waals surface area contributed by atoms with Gasteiger partial charge in [-0.3, -0.25) is 0 Å². The van der Waals surface area contributed by atoms with Crippen LogP contribution in [0.4, 0.5) is 4.39 Å². The topological polar surface area (TPSA) is 35.5 Å². The predicted molar refractivity (Wildman–Crippen MR) is 53.6 cm³/mol. The van der Waals surface area contributed by atoms with E-state index in [1.807, 2.05) is 6.92 Å². The minimum atomic E-state index is -0.697. The van der Waals surface area contributed by atoms with Crippen molar-refractivity contribution in [1.29, 1.82) is 0 Å². The highest BCUT2D eigenvalue weighted by Crippen LogP contribution is 2.21. The fourth-order valence-corrected chi connectivity index (χ4v) is 1.24. The second kappa shape index (κ2) is 4.77. The number of methoxy groups -OCH3 is 1. The third-order valence-electron chi connectivity index (χ3n) is 1.94. The second-order valence-corrected chi connectivity index (χ2v) is 3.03. The summed E-state index contributed by atoms with van der Waals surface area (Å²) in [7, 11) is 1.21. The molecule has 1 rings (SSSR count). The van der Waals surface area contributed by atoms with Crippen molar-refractivity contribution in [2.45, 2.75) is 13.8 Å². The first-order valence-corrected chi connectivity index (χ1v) is 4.61. The SMILES string of the molecule is CCOc1cc(C)c(F)c(C(=O)OC)c1. The van der Waals surface area contributed by atoms with Gasteiger partial charge < -0.3 is 9.47 Å². The number of carbonyl (C=O) groups is 1. The molecule has 0 aliphatic heterocycles. The average molecular weight is 212 g/mol. The Bertz CT molecular complexity index is 374. The molecule has 1 aromatic carbocycles. The van der Waals surface area contributed by atoms with Gasteiger partial charge in [0.2, 0.25) is 0 Å². The van der Waals surface area contributed by atoms with Gasteiger partial charge in [0.25, 0.3) is 0 Å². The number of aryl methyl sites for hydroxylation is 1. The molecule has 1 aromatic rings. The van der Waals surface area contributed by atoms with Crippen LogP contribution in [-0.2, 0) is 4.74 Å². The van der Waals surface area contributed by atoms with Crippen molar-refractivity contribution in [3.8, 4) is 5.75 Å². The standard InChI is InChI=1S/C11H13FO3/c1-4-15-8-5-7(2)10(12)9(6-8)11(13)14-3/h5-6H,4H2,1-3H3. The van der Waals surface area contributed by atoms with E-state index < -0.39 is 11.8 Å². The zero-order valence-corrected chi connectivity index (χ0v) is 8.96. The Labute approximate surface area is 87.8 Å². The predicted octanol–water partition coefficient (Wildman–Crippen LogP) is 2.32. The summed E-state index contributed by atoms with van der Waals surface area (Å²) < 4.78 is 23.2. The van der Waals surface area contributed by atoms with Crippen LogP contribution in [0.3, 0.4) is 0 Å². The van der Waals surface area contributed by atoms with Gasteiger partial charge in [-0.25, -0.2) is 9.18 Å². The Balaban J connectivity index is 3.18. The molecule has 0 radical (unpaired) electrons. The molecule has 0 saturated heterocycles. The number of benzene rings is 1. The van der Waals surface area contributed by atoms with Gasteiger partial charge in [0.1, 0.15) is 11.6 Å². The first-order chi connectivity index (χ1) is 7.10. The Morgan fingerprint density at radius 3 is 2.67 bits per heavy atom. The molecule has 0 saturated carbocycles. The summed E-state index contributed by atoms with van der Waals surface area (Å²) in [4.78, 5) is 11.2. The van der Waals surface area contributed by atoms with Crippen molar-refractivity contribution in [3.05, 3.63) is 29.1 Å². The van der Waals surface area contributed by atoms with Gasteiger partial charge in [0.05, 0.1) is 19.3 Å². The summed E-state index contributed by atoms with van der Waals surface area (Å²) in [5, 5.41) is 0. The largest absolute Gasteiger partial charge is 0.494 e. The maximum absolute atomic E-state index is 13.5. The number of esters is 1. The zero-order valence-electron chi connectivity index (χ0n) is 8.96. The lowest BCUT2D eigenvalue weighted by atomic mass is 10.1. The van der Waals surface area contributed by atoms with Crippen molar-refractivity contribution in [2.75, 3.05) is 13.7 Å². The molecular weight excluding hydrogens is 199 g/mol. The van der Waals surface area contributed by atoms with Crippen LogP contribution in [0.25, 0.3) is 0 Å². The van der Waals surface area contributed by atoms with Crippen LogP contribution >= 0.6 is 0 Å². The maximum atomic E-state index is 13.5. The Morgan fingerprint density at radius 1 is 1.47 bits per heavy atom. The van der Waals surface area contributed by atoms with E-state index in [4.69, 9.17) is 4.74 Å². The van der Waals surface area contributed by atoms with E-state index in [0.29, 0.717) is 17.9 Å². The van der Waals surface area contributed by atoms with Crippen LogP contribution in [-0.4, -0.2) is 19.7 Å². The van der Waals surface area contributed by atoms with E-state index in [1.165, 1.54) is 13.2 Å². The number of carbonyl (C=O) groups excluding carboxylic acids is 1. The van der Waals surface area contributed by atoms with Crippen LogP contribution in [0.15, 0.2) is 12.1 Å². The number of hydrogen-bond acceptors (Lipinski definition) is 3. The van der Waals surface area contributed by atoms with Gasteiger partial charge in [0, 0.05) is 0 Å². The fourth-order valence-electron chi connectivity index (χ4n) is 1.24. The van der Waals surface area contributed by atoms with Gasteiger partial charge >= 0.3 is 5.97 Å². The van der Waals surface area contributed by atoms with Crippen molar-refractivity contribution in [1.82, 2.24) is 0 Å². The molecule has 82 valence electrons. The highest BCUT2D eigenvalue weighted by Gasteiger charge is 2.15. The van der Waals surface area contributed by atoms with Gasteiger partial charge in [-0.05, 0) is 31.5 Å². The molecule has 0 spiro atoms. The van der Waals surface area contributed by atoms with Gasteiger partial charge in [-0.15, -0.1) is 0 Å². The number of ether oxygens (including phenoxy) is 2. The van der Waals surface area contributed by atoms with Crippen LogP contribution in [0.2, 0.25) is 0 Å². The molecule has 0 fully saturated rings.